The van der Waals surface area contributed by atoms with Crippen LogP contribution in [0.2, 0.25) is 0 Å². The molecule has 0 bridgehead atoms. The summed E-state index contributed by atoms with van der Waals surface area (Å²) in [5, 5.41) is 5.42. The number of carbonyl (C=O) groups excluding carboxylic acids is 2. The van der Waals surface area contributed by atoms with E-state index >= 15 is 0 Å². The highest BCUT2D eigenvalue weighted by atomic mass is 16.6. The number of methoxy groups -OCH3 is 1. The molecule has 0 aliphatic rings. The standard InChI is InChI=1S/C11H22N2O4/c1-6-12-8(9(14)16-5)7-13-10(15)17-11(2,3)4/h8,12H,6-7H2,1-5H3,(H,13,15). The number of ether oxygens (including phenoxy) is 2. The van der Waals surface area contributed by atoms with Gasteiger partial charge in [0.25, 0.3) is 0 Å². The van der Waals surface area contributed by atoms with Crippen molar-refractivity contribution in [3.05, 3.63) is 0 Å². The molecule has 0 aromatic rings. The van der Waals surface area contributed by atoms with Crippen LogP contribution in [0.3, 0.4) is 0 Å². The van der Waals surface area contributed by atoms with Crippen LogP contribution in [-0.2, 0) is 14.3 Å². The van der Waals surface area contributed by atoms with E-state index in [0.29, 0.717) is 6.54 Å². The van der Waals surface area contributed by atoms with E-state index in [-0.39, 0.29) is 6.54 Å². The van der Waals surface area contributed by atoms with Gasteiger partial charge in [-0.1, -0.05) is 6.92 Å². The first-order valence-corrected chi connectivity index (χ1v) is 5.58. The Hall–Kier alpha value is -1.30. The third-order valence-electron chi connectivity index (χ3n) is 1.79. The van der Waals surface area contributed by atoms with Gasteiger partial charge in [-0.15, -0.1) is 0 Å². The van der Waals surface area contributed by atoms with Crippen LogP contribution in [0.1, 0.15) is 27.7 Å². The van der Waals surface area contributed by atoms with Gasteiger partial charge in [-0.2, -0.15) is 0 Å². The Morgan fingerprint density at radius 2 is 1.88 bits per heavy atom. The minimum Gasteiger partial charge on any atom is -0.468 e. The maximum absolute atomic E-state index is 11.4. The number of carbonyl (C=O) groups is 2. The number of rotatable bonds is 5. The summed E-state index contributed by atoms with van der Waals surface area (Å²) in [6, 6.07) is -0.558. The van der Waals surface area contributed by atoms with Crippen molar-refractivity contribution in [2.45, 2.75) is 39.3 Å². The Labute approximate surface area is 102 Å². The van der Waals surface area contributed by atoms with Crippen molar-refractivity contribution in [3.8, 4) is 0 Å². The molecular formula is C11H22N2O4. The van der Waals surface area contributed by atoms with Crippen LogP contribution in [0.5, 0.6) is 0 Å². The van der Waals surface area contributed by atoms with Gasteiger partial charge in [0, 0.05) is 6.54 Å². The van der Waals surface area contributed by atoms with Gasteiger partial charge >= 0.3 is 12.1 Å². The lowest BCUT2D eigenvalue weighted by Crippen LogP contribution is -2.47. The van der Waals surface area contributed by atoms with Crippen molar-refractivity contribution in [3.63, 3.8) is 0 Å². The van der Waals surface area contributed by atoms with Gasteiger partial charge in [0.05, 0.1) is 7.11 Å². The first-order valence-electron chi connectivity index (χ1n) is 5.58. The molecule has 0 saturated carbocycles. The molecule has 1 atom stereocenters. The first kappa shape index (κ1) is 15.7. The molecule has 0 heterocycles. The fourth-order valence-corrected chi connectivity index (χ4v) is 1.13. The number of alkyl carbamates (subject to hydrolysis) is 1. The zero-order chi connectivity index (χ0) is 13.5. The molecule has 6 heteroatoms. The third-order valence-corrected chi connectivity index (χ3v) is 1.79. The summed E-state index contributed by atoms with van der Waals surface area (Å²) >= 11 is 0. The summed E-state index contributed by atoms with van der Waals surface area (Å²) in [6.45, 7) is 7.92. The predicted molar refractivity (Wildman–Crippen MR) is 63.7 cm³/mol. The maximum Gasteiger partial charge on any atom is 0.407 e. The van der Waals surface area contributed by atoms with Gasteiger partial charge in [-0.25, -0.2) is 4.79 Å². The molecule has 1 unspecified atom stereocenters. The number of amides is 1. The lowest BCUT2D eigenvalue weighted by Gasteiger charge is -2.21. The summed E-state index contributed by atoms with van der Waals surface area (Å²) in [4.78, 5) is 22.7. The Kier molecular flexibility index (Phi) is 6.57. The topological polar surface area (TPSA) is 76.7 Å². The van der Waals surface area contributed by atoms with Crippen LogP contribution < -0.4 is 10.6 Å². The quantitative estimate of drug-likeness (QED) is 0.697. The van der Waals surface area contributed by atoms with Crippen LogP contribution in [0.15, 0.2) is 0 Å². The van der Waals surface area contributed by atoms with Crippen molar-refractivity contribution in [2.75, 3.05) is 20.2 Å². The van der Waals surface area contributed by atoms with Crippen LogP contribution in [0.25, 0.3) is 0 Å². The lowest BCUT2D eigenvalue weighted by atomic mass is 10.2. The molecule has 0 radical (unpaired) electrons. The van der Waals surface area contributed by atoms with Crippen LogP contribution in [0.4, 0.5) is 4.79 Å². The molecule has 6 nitrogen and oxygen atoms in total. The Morgan fingerprint density at radius 3 is 2.29 bits per heavy atom. The van der Waals surface area contributed by atoms with E-state index in [1.807, 2.05) is 6.92 Å². The fraction of sp³-hybridized carbons (Fsp3) is 0.818. The number of esters is 1. The van der Waals surface area contributed by atoms with Gasteiger partial charge in [0.2, 0.25) is 0 Å². The molecule has 17 heavy (non-hydrogen) atoms. The molecule has 1 amide bonds. The minimum absolute atomic E-state index is 0.134. The van der Waals surface area contributed by atoms with Gasteiger partial charge < -0.3 is 20.1 Å². The summed E-state index contributed by atoms with van der Waals surface area (Å²) in [6.07, 6.45) is -0.552. The third kappa shape index (κ3) is 7.57. The molecule has 0 aliphatic carbocycles. The van der Waals surface area contributed by atoms with Crippen molar-refractivity contribution >= 4 is 12.1 Å². The van der Waals surface area contributed by atoms with Crippen LogP contribution in [-0.4, -0.2) is 43.9 Å². The zero-order valence-electron chi connectivity index (χ0n) is 11.1. The summed E-state index contributed by atoms with van der Waals surface area (Å²) in [7, 11) is 1.31. The molecule has 0 aliphatic heterocycles. The van der Waals surface area contributed by atoms with E-state index in [2.05, 4.69) is 15.4 Å². The van der Waals surface area contributed by atoms with Crippen molar-refractivity contribution in [1.82, 2.24) is 10.6 Å². The number of hydrogen-bond acceptors (Lipinski definition) is 5. The molecule has 0 saturated heterocycles. The Morgan fingerprint density at radius 1 is 1.29 bits per heavy atom. The molecular weight excluding hydrogens is 224 g/mol. The van der Waals surface area contributed by atoms with E-state index in [1.165, 1.54) is 7.11 Å². The number of likely N-dealkylation sites (N-methyl/N-ethyl adjacent to an activating group) is 1. The largest absolute Gasteiger partial charge is 0.468 e. The highest BCUT2D eigenvalue weighted by Crippen LogP contribution is 2.06. The molecule has 100 valence electrons. The molecule has 2 N–H and O–H groups in total. The van der Waals surface area contributed by atoms with Crippen LogP contribution >= 0.6 is 0 Å². The summed E-state index contributed by atoms with van der Waals surface area (Å²) in [5.41, 5.74) is -0.553. The summed E-state index contributed by atoms with van der Waals surface area (Å²) < 4.78 is 9.65. The van der Waals surface area contributed by atoms with E-state index in [0.717, 1.165) is 0 Å². The maximum atomic E-state index is 11.4. The van der Waals surface area contributed by atoms with Gasteiger partial charge in [-0.3, -0.25) is 4.79 Å². The minimum atomic E-state index is -0.558. The molecule has 0 spiro atoms. The van der Waals surface area contributed by atoms with Gasteiger partial charge in [-0.05, 0) is 27.3 Å². The highest BCUT2D eigenvalue weighted by molar-refractivity contribution is 5.77. The monoisotopic (exact) mass is 246 g/mol. The van der Waals surface area contributed by atoms with E-state index < -0.39 is 23.7 Å². The fourth-order valence-electron chi connectivity index (χ4n) is 1.13. The second kappa shape index (κ2) is 7.11. The van der Waals surface area contributed by atoms with Crippen molar-refractivity contribution < 1.29 is 19.1 Å². The van der Waals surface area contributed by atoms with Crippen molar-refractivity contribution in [2.24, 2.45) is 0 Å². The van der Waals surface area contributed by atoms with Crippen molar-refractivity contribution in [1.29, 1.82) is 0 Å². The Bertz CT molecular complexity index is 261. The molecule has 0 fully saturated rings. The zero-order valence-corrected chi connectivity index (χ0v) is 11.1. The second-order valence-electron chi connectivity index (χ2n) is 4.52. The second-order valence-corrected chi connectivity index (χ2v) is 4.52. The lowest BCUT2D eigenvalue weighted by molar-refractivity contribution is -0.142. The van der Waals surface area contributed by atoms with Gasteiger partial charge in [0.15, 0.2) is 0 Å². The first-order chi connectivity index (χ1) is 7.80. The average Bonchev–Trinajstić information content (AvgIpc) is 2.20. The molecule has 0 aromatic carbocycles. The SMILES string of the molecule is CCNC(CNC(=O)OC(C)(C)C)C(=O)OC. The predicted octanol–water partition coefficient (Wildman–Crippen LogP) is 0.662. The van der Waals surface area contributed by atoms with E-state index in [1.54, 1.807) is 20.8 Å². The van der Waals surface area contributed by atoms with Gasteiger partial charge in [0.1, 0.15) is 11.6 Å². The van der Waals surface area contributed by atoms with E-state index in [9.17, 15) is 9.59 Å². The number of nitrogens with one attached hydrogen (secondary N) is 2. The van der Waals surface area contributed by atoms with E-state index in [4.69, 9.17) is 4.74 Å². The molecule has 0 aromatic heterocycles. The highest BCUT2D eigenvalue weighted by Gasteiger charge is 2.21. The normalized spacial score (nSPS) is 12.8. The number of hydrogen-bond donors (Lipinski definition) is 2. The van der Waals surface area contributed by atoms with Crippen LogP contribution in [0, 0.1) is 0 Å². The average molecular weight is 246 g/mol. The summed E-state index contributed by atoms with van der Waals surface area (Å²) in [5.74, 6) is -0.414. The smallest absolute Gasteiger partial charge is 0.407 e. The Balaban J connectivity index is 4.13. The molecule has 0 rings (SSSR count).